The summed E-state index contributed by atoms with van der Waals surface area (Å²) in [7, 11) is 0. The highest BCUT2D eigenvalue weighted by molar-refractivity contribution is 6.38. The lowest BCUT2D eigenvalue weighted by atomic mass is 9.89. The summed E-state index contributed by atoms with van der Waals surface area (Å²) in [6.07, 6.45) is 12.4. The molecule has 2 saturated heterocycles. The van der Waals surface area contributed by atoms with Gasteiger partial charge >= 0.3 is 5.97 Å². The Hall–Kier alpha value is -2.28. The molecule has 206 valence electrons. The van der Waals surface area contributed by atoms with Gasteiger partial charge in [-0.1, -0.05) is 24.6 Å². The van der Waals surface area contributed by atoms with E-state index in [-0.39, 0.29) is 24.4 Å². The lowest BCUT2D eigenvalue weighted by molar-refractivity contribution is -0.164. The average molecular weight is 516 g/mol. The topological polar surface area (TPSA) is 90.0 Å². The molecule has 0 aromatic rings. The maximum Gasteiger partial charge on any atom is 0.328 e. The van der Waals surface area contributed by atoms with Crippen LogP contribution in [0.15, 0.2) is 24.3 Å². The molecule has 0 aromatic carbocycles. The van der Waals surface area contributed by atoms with Crippen LogP contribution < -0.4 is 0 Å². The Morgan fingerprint density at radius 2 is 1.81 bits per heavy atom. The summed E-state index contributed by atoms with van der Waals surface area (Å²) in [6, 6.07) is -0.730. The van der Waals surface area contributed by atoms with Crippen LogP contribution in [0.4, 0.5) is 0 Å². The van der Waals surface area contributed by atoms with Crippen LogP contribution in [-0.4, -0.2) is 59.7 Å². The Balaban J connectivity index is 1.75. The van der Waals surface area contributed by atoms with Crippen molar-refractivity contribution in [2.45, 2.75) is 116 Å². The number of ketones is 2. The summed E-state index contributed by atoms with van der Waals surface area (Å²) in [5, 5.41) is 0. The molecule has 5 unspecified atom stereocenters. The molecule has 7 nitrogen and oxygen atoms in total. The second kappa shape index (κ2) is 14.6. The number of allylic oxidation sites excluding steroid dienone is 3. The standard InChI is InChI=1S/C30H45NO6/c1-4-10-23-20-22(3)19-21(2)15-16-24-11-9-14-27(37-24)28(33)29(34)31-17-7-5-12-25(31)30(35)36-18-8-6-13-26(23)32/h4,20-21,23-25,27H,1,5-19H2,2-3H3/b22-20-. The second-order valence-corrected chi connectivity index (χ2v) is 11.2. The molecule has 0 saturated carbocycles. The van der Waals surface area contributed by atoms with E-state index in [1.807, 2.05) is 0 Å². The summed E-state index contributed by atoms with van der Waals surface area (Å²) in [4.78, 5) is 53.5. The summed E-state index contributed by atoms with van der Waals surface area (Å²) in [6.45, 7) is 8.70. The number of esters is 1. The fourth-order valence-corrected chi connectivity index (χ4v) is 5.86. The molecule has 2 fully saturated rings. The van der Waals surface area contributed by atoms with E-state index in [2.05, 4.69) is 26.5 Å². The summed E-state index contributed by atoms with van der Waals surface area (Å²) in [5.74, 6) is -1.17. The van der Waals surface area contributed by atoms with Crippen molar-refractivity contribution in [1.29, 1.82) is 0 Å². The highest BCUT2D eigenvalue weighted by Crippen LogP contribution is 2.28. The third-order valence-corrected chi connectivity index (χ3v) is 7.92. The second-order valence-electron chi connectivity index (χ2n) is 11.2. The number of amides is 1. The number of carbonyl (C=O) groups is 4. The molecule has 0 aliphatic carbocycles. The van der Waals surface area contributed by atoms with Gasteiger partial charge in [0.2, 0.25) is 5.78 Å². The zero-order valence-electron chi connectivity index (χ0n) is 22.8. The maximum absolute atomic E-state index is 13.2. The van der Waals surface area contributed by atoms with Gasteiger partial charge in [-0.05, 0) is 89.9 Å². The molecule has 7 heteroatoms. The van der Waals surface area contributed by atoms with E-state index >= 15 is 0 Å². The van der Waals surface area contributed by atoms with E-state index in [1.54, 1.807) is 6.08 Å². The highest BCUT2D eigenvalue weighted by Gasteiger charge is 2.40. The molecule has 5 atom stereocenters. The summed E-state index contributed by atoms with van der Waals surface area (Å²) in [5.41, 5.74) is 1.20. The van der Waals surface area contributed by atoms with Crippen molar-refractivity contribution in [3.63, 3.8) is 0 Å². The van der Waals surface area contributed by atoms with E-state index in [1.165, 1.54) is 10.5 Å². The predicted molar refractivity (Wildman–Crippen MR) is 142 cm³/mol. The Labute approximate surface area is 222 Å². The van der Waals surface area contributed by atoms with Gasteiger partial charge in [-0.2, -0.15) is 0 Å². The van der Waals surface area contributed by atoms with Gasteiger partial charge < -0.3 is 14.4 Å². The lowest BCUT2D eigenvalue weighted by Gasteiger charge is -2.35. The van der Waals surface area contributed by atoms with Gasteiger partial charge in [0, 0.05) is 18.9 Å². The fraction of sp³-hybridized carbons (Fsp3) is 0.733. The number of ether oxygens (including phenoxy) is 2. The van der Waals surface area contributed by atoms with E-state index in [0.29, 0.717) is 51.0 Å². The number of fused-ring (bicyclic) bond motifs is 3. The Bertz CT molecular complexity index is 864. The van der Waals surface area contributed by atoms with E-state index in [0.717, 1.165) is 44.9 Å². The third-order valence-electron chi connectivity index (χ3n) is 7.92. The van der Waals surface area contributed by atoms with Crippen molar-refractivity contribution in [2.75, 3.05) is 13.2 Å². The van der Waals surface area contributed by atoms with Crippen molar-refractivity contribution in [3.05, 3.63) is 24.3 Å². The third kappa shape index (κ3) is 8.62. The van der Waals surface area contributed by atoms with Gasteiger partial charge in [-0.15, -0.1) is 6.58 Å². The van der Waals surface area contributed by atoms with Crippen molar-refractivity contribution in [1.82, 2.24) is 4.90 Å². The molecule has 37 heavy (non-hydrogen) atoms. The van der Waals surface area contributed by atoms with Crippen molar-refractivity contribution < 1.29 is 28.7 Å². The van der Waals surface area contributed by atoms with Crippen molar-refractivity contribution in [2.24, 2.45) is 11.8 Å². The van der Waals surface area contributed by atoms with E-state index in [9.17, 15) is 19.2 Å². The number of rotatable bonds is 2. The fourth-order valence-electron chi connectivity index (χ4n) is 5.86. The van der Waals surface area contributed by atoms with Crippen LogP contribution in [-0.2, 0) is 28.7 Å². The van der Waals surface area contributed by atoms with Crippen LogP contribution in [0.5, 0.6) is 0 Å². The van der Waals surface area contributed by atoms with Gasteiger partial charge in [-0.3, -0.25) is 14.4 Å². The molecule has 0 spiro atoms. The molecule has 0 aromatic heterocycles. The van der Waals surface area contributed by atoms with Gasteiger partial charge in [0.1, 0.15) is 17.9 Å². The molecular formula is C30H45NO6. The lowest BCUT2D eigenvalue weighted by Crippen LogP contribution is -2.53. The minimum absolute atomic E-state index is 0.0476. The minimum atomic E-state index is -0.735. The monoisotopic (exact) mass is 515 g/mol. The minimum Gasteiger partial charge on any atom is -0.464 e. The Morgan fingerprint density at radius 3 is 2.59 bits per heavy atom. The smallest absolute Gasteiger partial charge is 0.328 e. The van der Waals surface area contributed by atoms with Crippen molar-refractivity contribution in [3.8, 4) is 0 Å². The van der Waals surface area contributed by atoms with Crippen LogP contribution in [0, 0.1) is 11.8 Å². The number of Topliss-reactive ketones (excluding diaryl/α,β-unsaturated/α-hetero) is 2. The molecule has 3 aliphatic rings. The first-order valence-electron chi connectivity index (χ1n) is 14.3. The molecule has 2 bridgehead atoms. The van der Waals surface area contributed by atoms with Crippen LogP contribution in [0.2, 0.25) is 0 Å². The number of piperidine rings is 1. The van der Waals surface area contributed by atoms with Crippen LogP contribution >= 0.6 is 0 Å². The molecule has 1 amide bonds. The number of nitrogens with zero attached hydrogens (tertiary/aromatic N) is 1. The molecule has 3 aliphatic heterocycles. The summed E-state index contributed by atoms with van der Waals surface area (Å²) < 4.78 is 11.6. The van der Waals surface area contributed by atoms with Crippen LogP contribution in [0.3, 0.4) is 0 Å². The van der Waals surface area contributed by atoms with Gasteiger partial charge in [-0.25, -0.2) is 4.79 Å². The normalized spacial score (nSPS) is 33.4. The van der Waals surface area contributed by atoms with E-state index < -0.39 is 29.8 Å². The quantitative estimate of drug-likeness (QED) is 0.288. The first-order valence-corrected chi connectivity index (χ1v) is 14.3. The molecule has 3 rings (SSSR count). The molecular weight excluding hydrogens is 470 g/mol. The number of hydrogen-bond donors (Lipinski definition) is 0. The Morgan fingerprint density at radius 1 is 1.00 bits per heavy atom. The SMILES string of the molecule is C=CCC1/C=C(/C)CC(C)CCC2CCCC(O2)C(=O)C(=O)N2CCCCC2C(=O)OCCCCC1=O. The average Bonchev–Trinajstić information content (AvgIpc) is 2.90. The number of cyclic esters (lactones) is 1. The zero-order valence-corrected chi connectivity index (χ0v) is 22.8. The molecule has 3 heterocycles. The van der Waals surface area contributed by atoms with Crippen LogP contribution in [0.1, 0.15) is 97.3 Å². The Kier molecular flexibility index (Phi) is 11.6. The predicted octanol–water partition coefficient (Wildman–Crippen LogP) is 5.12. The summed E-state index contributed by atoms with van der Waals surface area (Å²) >= 11 is 0. The maximum atomic E-state index is 13.2. The molecule has 0 N–H and O–H groups in total. The number of carbonyl (C=O) groups excluding carboxylic acids is 4. The first kappa shape index (κ1) is 29.3. The molecule has 0 radical (unpaired) electrons. The van der Waals surface area contributed by atoms with Gasteiger partial charge in [0.15, 0.2) is 0 Å². The first-order chi connectivity index (χ1) is 17.8. The largest absolute Gasteiger partial charge is 0.464 e. The number of hydrogen-bond acceptors (Lipinski definition) is 6. The van der Waals surface area contributed by atoms with Gasteiger partial charge in [0.25, 0.3) is 5.91 Å². The van der Waals surface area contributed by atoms with Crippen LogP contribution in [0.25, 0.3) is 0 Å². The highest BCUT2D eigenvalue weighted by atomic mass is 16.5. The van der Waals surface area contributed by atoms with Gasteiger partial charge in [0.05, 0.1) is 12.7 Å². The van der Waals surface area contributed by atoms with Crippen molar-refractivity contribution >= 4 is 23.4 Å². The zero-order chi connectivity index (χ0) is 26.8. The van der Waals surface area contributed by atoms with E-state index in [4.69, 9.17) is 9.47 Å².